The lowest BCUT2D eigenvalue weighted by Crippen LogP contribution is -2.16. The number of hydrogen-bond acceptors (Lipinski definition) is 2. The Kier molecular flexibility index (Phi) is 9.37. The molecule has 0 aliphatic heterocycles. The third-order valence-corrected chi connectivity index (χ3v) is 15.7. The first-order chi connectivity index (χ1) is 35.9. The summed E-state index contributed by atoms with van der Waals surface area (Å²) in [5.74, 6) is 0. The van der Waals surface area contributed by atoms with E-state index < -0.39 is 0 Å². The molecule has 0 N–H and O–H groups in total. The van der Waals surface area contributed by atoms with Crippen LogP contribution in [-0.2, 0) is 0 Å². The molecule has 0 bridgehead atoms. The zero-order valence-corrected chi connectivity index (χ0v) is 42.8. The Balaban J connectivity index is 1.37. The zero-order valence-electron chi connectivity index (χ0n) is 42.8. The molecule has 0 radical (unpaired) electrons. The van der Waals surface area contributed by atoms with Gasteiger partial charge < -0.3 is 18.3 Å². The number of hydrogen-bond donors (Lipinski definition) is 0. The Labute approximate surface area is 429 Å². The van der Waals surface area contributed by atoms with Gasteiger partial charge in [0.2, 0.25) is 0 Å². The maximum atomic E-state index is 12.8. The highest BCUT2D eigenvalue weighted by Gasteiger charge is 2.35. The summed E-state index contributed by atoms with van der Waals surface area (Å²) in [6.45, 7) is 17.4. The van der Waals surface area contributed by atoms with Crippen molar-refractivity contribution in [3.63, 3.8) is 0 Å². The lowest BCUT2D eigenvalue weighted by atomic mass is 9.94. The molecule has 6 heteroatoms. The maximum Gasteiger partial charge on any atom is 0.104 e. The van der Waals surface area contributed by atoms with Gasteiger partial charge in [0, 0.05) is 66.6 Å². The summed E-state index contributed by atoms with van der Waals surface area (Å²) < 4.78 is 9.81. The van der Waals surface area contributed by atoms with E-state index in [0.717, 1.165) is 110 Å². The Hall–Kier alpha value is -9.18. The summed E-state index contributed by atoms with van der Waals surface area (Å²) in [4.78, 5) is 4.93. The number of aryl methyl sites for hydroxylation is 8. The third kappa shape index (κ3) is 6.20. The van der Waals surface area contributed by atoms with E-state index in [2.05, 4.69) is 231 Å². The molecule has 0 fully saturated rings. The van der Waals surface area contributed by atoms with E-state index in [1.54, 1.807) is 0 Å². The van der Waals surface area contributed by atoms with Crippen molar-refractivity contribution in [2.75, 3.05) is 0 Å². The van der Waals surface area contributed by atoms with Gasteiger partial charge in [-0.1, -0.05) is 99.1 Å². The lowest BCUT2D eigenvalue weighted by Gasteiger charge is -2.29. The monoisotopic (exact) mass is 952 g/mol. The van der Waals surface area contributed by atoms with Crippen LogP contribution in [0.15, 0.2) is 170 Å². The van der Waals surface area contributed by atoms with Crippen LogP contribution in [0.3, 0.4) is 0 Å². The number of nitrogens with zero attached hydrogens (tertiary/aromatic N) is 6. The van der Waals surface area contributed by atoms with Crippen LogP contribution in [0, 0.1) is 66.7 Å². The van der Waals surface area contributed by atoms with E-state index >= 15 is 0 Å². The van der Waals surface area contributed by atoms with Gasteiger partial charge in [0.15, 0.2) is 0 Å². The van der Waals surface area contributed by atoms with Gasteiger partial charge in [0.1, 0.15) is 11.6 Å². The van der Waals surface area contributed by atoms with E-state index in [4.69, 9.17) is 4.98 Å². The van der Waals surface area contributed by atoms with Gasteiger partial charge >= 0.3 is 0 Å². The largest absolute Gasteiger partial charge is 0.307 e. The molecule has 0 amide bonds. The molecule has 5 heterocycles. The topological polar surface area (TPSA) is 56.4 Å². The molecule has 0 spiro atoms. The third-order valence-electron chi connectivity index (χ3n) is 15.7. The molecule has 6 nitrogen and oxygen atoms in total. The number of pyridine rings is 1. The van der Waals surface area contributed by atoms with Crippen molar-refractivity contribution in [2.24, 2.45) is 0 Å². The van der Waals surface area contributed by atoms with Crippen LogP contribution >= 0.6 is 0 Å². The smallest absolute Gasteiger partial charge is 0.104 e. The zero-order chi connectivity index (χ0) is 50.4. The van der Waals surface area contributed by atoms with Crippen LogP contribution in [0.5, 0.6) is 0 Å². The highest BCUT2D eigenvalue weighted by Crippen LogP contribution is 2.52. The SMILES string of the molecule is Cc1ccc2c(c1)c1cc(C)ccc1n2-c1c(C#N)c(-n2c3ccc(C)cc3c3cc(C)ccc32)c(-n2c3ccc(C)cc3c3cc(C)ccc32)c(-n2c3ccc(C)cc3c3cc(C)ccc32)c1-c1cccnc1. The van der Waals surface area contributed by atoms with Crippen LogP contribution in [0.25, 0.3) is 121 Å². The molecule has 14 aromatic rings. The molecular weight excluding hydrogens is 901 g/mol. The van der Waals surface area contributed by atoms with Crippen molar-refractivity contribution in [1.82, 2.24) is 23.3 Å². The summed E-state index contributed by atoms with van der Waals surface area (Å²) in [5.41, 5.74) is 23.5. The summed E-state index contributed by atoms with van der Waals surface area (Å²) in [5, 5.41) is 22.0. The van der Waals surface area contributed by atoms with Gasteiger partial charge in [0.05, 0.1) is 66.9 Å². The van der Waals surface area contributed by atoms with Crippen LogP contribution < -0.4 is 0 Å². The maximum absolute atomic E-state index is 12.8. The minimum absolute atomic E-state index is 0.546. The van der Waals surface area contributed by atoms with Gasteiger partial charge in [-0.2, -0.15) is 5.26 Å². The fourth-order valence-corrected chi connectivity index (χ4v) is 12.4. The number of nitriles is 1. The van der Waals surface area contributed by atoms with Gasteiger partial charge in [-0.15, -0.1) is 0 Å². The second-order valence-corrected chi connectivity index (χ2v) is 21.0. The Morgan fingerprint density at radius 1 is 0.324 bits per heavy atom. The molecule has 74 heavy (non-hydrogen) atoms. The van der Waals surface area contributed by atoms with Crippen LogP contribution in [0.1, 0.15) is 50.1 Å². The number of benzene rings is 9. The number of fused-ring (bicyclic) bond motifs is 12. The van der Waals surface area contributed by atoms with Crippen molar-refractivity contribution in [3.05, 3.63) is 220 Å². The molecular formula is C68H52N6. The Morgan fingerprint density at radius 2 is 0.595 bits per heavy atom. The summed E-state index contributed by atoms with van der Waals surface area (Å²) in [6, 6.07) is 61.7. The number of rotatable bonds is 5. The van der Waals surface area contributed by atoms with Gasteiger partial charge in [-0.3, -0.25) is 4.98 Å². The van der Waals surface area contributed by atoms with E-state index in [-0.39, 0.29) is 0 Å². The fraction of sp³-hybridized carbons (Fsp3) is 0.118. The highest BCUT2D eigenvalue weighted by atomic mass is 15.1. The Bertz CT molecular complexity index is 4570. The second-order valence-electron chi connectivity index (χ2n) is 21.0. The molecule has 5 aromatic heterocycles. The predicted octanol–water partition coefficient (Wildman–Crippen LogP) is 17.5. The van der Waals surface area contributed by atoms with E-state index in [1.807, 2.05) is 18.5 Å². The van der Waals surface area contributed by atoms with Gasteiger partial charge in [0.25, 0.3) is 0 Å². The van der Waals surface area contributed by atoms with Crippen LogP contribution in [-0.4, -0.2) is 23.3 Å². The quantitative estimate of drug-likeness (QED) is 0.173. The second kappa shape index (κ2) is 15.9. The minimum atomic E-state index is 0.546. The summed E-state index contributed by atoms with van der Waals surface area (Å²) in [6.07, 6.45) is 3.84. The Morgan fingerprint density at radius 3 is 0.865 bits per heavy atom. The van der Waals surface area contributed by atoms with Gasteiger partial charge in [-0.05, 0) is 159 Å². The average molecular weight is 953 g/mol. The van der Waals surface area contributed by atoms with Crippen molar-refractivity contribution >= 4 is 87.2 Å². The van der Waals surface area contributed by atoms with E-state index in [9.17, 15) is 5.26 Å². The van der Waals surface area contributed by atoms with Crippen molar-refractivity contribution in [2.45, 2.75) is 55.4 Å². The minimum Gasteiger partial charge on any atom is -0.307 e. The molecule has 0 atom stereocenters. The fourth-order valence-electron chi connectivity index (χ4n) is 12.4. The highest BCUT2D eigenvalue weighted by molar-refractivity contribution is 6.17. The molecule has 0 aliphatic carbocycles. The van der Waals surface area contributed by atoms with Crippen molar-refractivity contribution in [1.29, 1.82) is 5.26 Å². The normalized spacial score (nSPS) is 12.0. The first-order valence-corrected chi connectivity index (χ1v) is 25.6. The number of aromatic nitrogens is 5. The van der Waals surface area contributed by atoms with Crippen LogP contribution in [0.4, 0.5) is 0 Å². The first-order valence-electron chi connectivity index (χ1n) is 25.6. The van der Waals surface area contributed by atoms with E-state index in [1.165, 1.54) is 55.3 Å². The standard InChI is InChI=1S/C68H52N6/c1-38-11-19-56-47(28-38)48-29-39(2)12-20-57(48)71(56)65-55(36-69)66(72-58-21-13-40(3)30-49(58)50-31-41(4)14-22-59(50)72)68(74-62-25-17-44(7)34-53(62)54-35-45(8)18-26-63(54)74)67(64(65)46-10-9-27-70-37-46)73-60-23-15-42(5)32-51(60)52-33-43(6)16-24-61(52)73/h9-35,37H,1-8H3. The van der Waals surface area contributed by atoms with E-state index in [0.29, 0.717) is 5.56 Å². The molecule has 0 saturated carbocycles. The van der Waals surface area contributed by atoms with Gasteiger partial charge in [-0.25, -0.2) is 0 Å². The van der Waals surface area contributed by atoms with Crippen LogP contribution in [0.2, 0.25) is 0 Å². The lowest BCUT2D eigenvalue weighted by molar-refractivity contribution is 1.03. The molecule has 354 valence electrons. The van der Waals surface area contributed by atoms with Crippen molar-refractivity contribution in [3.8, 4) is 39.9 Å². The average Bonchev–Trinajstić information content (AvgIpc) is 4.12. The predicted molar refractivity (Wildman–Crippen MR) is 310 cm³/mol. The first kappa shape index (κ1) is 43.6. The molecule has 9 aromatic carbocycles. The molecule has 14 rings (SSSR count). The molecule has 0 saturated heterocycles. The molecule has 0 aliphatic rings. The summed E-state index contributed by atoms with van der Waals surface area (Å²) in [7, 11) is 0. The van der Waals surface area contributed by atoms with Crippen molar-refractivity contribution < 1.29 is 0 Å². The molecule has 0 unspecified atom stereocenters. The summed E-state index contributed by atoms with van der Waals surface area (Å²) >= 11 is 0.